The molecular weight excluding hydrogens is 374 g/mol. The summed E-state index contributed by atoms with van der Waals surface area (Å²) in [6.45, 7) is 5.24. The summed E-state index contributed by atoms with van der Waals surface area (Å²) in [6, 6.07) is 17.0. The fourth-order valence-corrected chi connectivity index (χ4v) is 5.72. The van der Waals surface area contributed by atoms with Gasteiger partial charge >= 0.3 is 0 Å². The highest BCUT2D eigenvalue weighted by molar-refractivity contribution is 5.84. The van der Waals surface area contributed by atoms with E-state index in [2.05, 4.69) is 65.5 Å². The lowest BCUT2D eigenvalue weighted by molar-refractivity contribution is -0.119. The minimum atomic E-state index is -0.572. The number of benzene rings is 2. The molecule has 5 rings (SSSR count). The van der Waals surface area contributed by atoms with E-state index < -0.39 is 6.23 Å². The number of nitrogens with one attached hydrogen (secondary N) is 1. The summed E-state index contributed by atoms with van der Waals surface area (Å²) in [4.78, 5) is 16.1. The number of fused-ring (bicyclic) bond motifs is 2. The molecule has 0 fully saturated rings. The highest BCUT2D eigenvalue weighted by Gasteiger charge is 2.54. The van der Waals surface area contributed by atoms with E-state index in [4.69, 9.17) is 0 Å². The lowest BCUT2D eigenvalue weighted by atomic mass is 9.66. The highest BCUT2D eigenvalue weighted by atomic mass is 16.3. The minimum absolute atomic E-state index is 0.00529. The molecular formula is C25H29N3O2. The van der Waals surface area contributed by atoms with Crippen LogP contribution < -0.4 is 10.2 Å². The number of likely N-dealkylation sites (N-methyl/N-ethyl adjacent to an activating group) is 1. The van der Waals surface area contributed by atoms with Gasteiger partial charge in [-0.25, -0.2) is 0 Å². The monoisotopic (exact) mass is 403 g/mol. The Morgan fingerprint density at radius 3 is 2.70 bits per heavy atom. The van der Waals surface area contributed by atoms with E-state index in [0.29, 0.717) is 6.54 Å². The zero-order chi connectivity index (χ0) is 21.0. The molecule has 2 aromatic carbocycles. The average molecular weight is 404 g/mol. The van der Waals surface area contributed by atoms with Crippen molar-refractivity contribution in [2.75, 3.05) is 18.5 Å². The van der Waals surface area contributed by atoms with Gasteiger partial charge in [0.2, 0.25) is 5.91 Å². The van der Waals surface area contributed by atoms with E-state index in [-0.39, 0.29) is 23.4 Å². The molecule has 2 N–H and O–H groups in total. The predicted molar refractivity (Wildman–Crippen MR) is 119 cm³/mol. The summed E-state index contributed by atoms with van der Waals surface area (Å²) >= 11 is 0. The standard InChI is InChI=1S/C25H29N3O2/c1-16(29)26-18-12-20-19-10-7-11-21-23(19)25(2,13-22(20)27(3)15-18)24(30)28(21)14-17-8-5-4-6-9-17/h4-12,18,22,24,30H,13-15H2,1-3H3,(H,26,29)/t18-,22+,24?,25-/m0/s1. The summed E-state index contributed by atoms with van der Waals surface area (Å²) in [5, 5.41) is 14.6. The van der Waals surface area contributed by atoms with Crippen molar-refractivity contribution in [3.8, 4) is 0 Å². The first-order valence-corrected chi connectivity index (χ1v) is 10.7. The smallest absolute Gasteiger partial charge is 0.217 e. The molecule has 0 saturated carbocycles. The van der Waals surface area contributed by atoms with Crippen LogP contribution >= 0.6 is 0 Å². The van der Waals surface area contributed by atoms with Gasteiger partial charge in [0.25, 0.3) is 0 Å². The van der Waals surface area contributed by atoms with Crippen LogP contribution in [-0.2, 0) is 16.8 Å². The molecule has 30 heavy (non-hydrogen) atoms. The van der Waals surface area contributed by atoms with E-state index >= 15 is 0 Å². The summed E-state index contributed by atoms with van der Waals surface area (Å²) in [5.41, 5.74) is 5.70. The topological polar surface area (TPSA) is 55.8 Å². The van der Waals surface area contributed by atoms with Crippen molar-refractivity contribution in [1.29, 1.82) is 0 Å². The van der Waals surface area contributed by atoms with Crippen molar-refractivity contribution in [1.82, 2.24) is 10.2 Å². The van der Waals surface area contributed by atoms with Crippen molar-refractivity contribution in [2.24, 2.45) is 0 Å². The van der Waals surface area contributed by atoms with Gasteiger partial charge in [0.05, 0.1) is 6.04 Å². The molecule has 0 aromatic heterocycles. The van der Waals surface area contributed by atoms with Gasteiger partial charge in [0.15, 0.2) is 0 Å². The van der Waals surface area contributed by atoms with Crippen LogP contribution in [0.5, 0.6) is 0 Å². The zero-order valence-corrected chi connectivity index (χ0v) is 17.8. The van der Waals surface area contributed by atoms with Crippen LogP contribution in [-0.4, -0.2) is 47.8 Å². The third-order valence-corrected chi connectivity index (χ3v) is 7.06. The van der Waals surface area contributed by atoms with E-state index in [1.165, 1.54) is 22.3 Å². The third-order valence-electron chi connectivity index (χ3n) is 7.06. The first-order valence-electron chi connectivity index (χ1n) is 10.7. The van der Waals surface area contributed by atoms with Crippen LogP contribution in [0, 0.1) is 0 Å². The van der Waals surface area contributed by atoms with Crippen molar-refractivity contribution in [3.63, 3.8) is 0 Å². The van der Waals surface area contributed by atoms with Gasteiger partial charge in [-0.05, 0) is 41.8 Å². The Kier molecular flexibility index (Phi) is 4.49. The highest BCUT2D eigenvalue weighted by Crippen LogP contribution is 2.55. The number of hydrogen-bond acceptors (Lipinski definition) is 4. The van der Waals surface area contributed by atoms with E-state index in [1.807, 2.05) is 18.2 Å². The van der Waals surface area contributed by atoms with E-state index in [1.54, 1.807) is 6.92 Å². The number of anilines is 1. The van der Waals surface area contributed by atoms with Crippen LogP contribution in [0.2, 0.25) is 0 Å². The molecule has 3 aliphatic rings. The normalized spacial score (nSPS) is 29.8. The fourth-order valence-electron chi connectivity index (χ4n) is 5.72. The summed E-state index contributed by atoms with van der Waals surface area (Å²) in [5.74, 6) is -0.00732. The fraction of sp³-hybridized carbons (Fsp3) is 0.400. The minimum Gasteiger partial charge on any atom is -0.373 e. The Balaban J connectivity index is 1.61. The number of aliphatic hydroxyl groups is 1. The Labute approximate surface area is 178 Å². The van der Waals surface area contributed by atoms with Gasteiger partial charge in [0.1, 0.15) is 6.23 Å². The first-order chi connectivity index (χ1) is 14.4. The molecule has 2 heterocycles. The molecule has 1 aliphatic carbocycles. The largest absolute Gasteiger partial charge is 0.373 e. The van der Waals surface area contributed by atoms with Crippen LogP contribution in [0.1, 0.15) is 37.0 Å². The van der Waals surface area contributed by atoms with Gasteiger partial charge in [-0.2, -0.15) is 0 Å². The molecule has 2 aliphatic heterocycles. The number of rotatable bonds is 3. The maximum absolute atomic E-state index is 11.7. The second-order valence-electron chi connectivity index (χ2n) is 9.19. The number of aliphatic hydroxyl groups excluding tert-OH is 1. The van der Waals surface area contributed by atoms with Crippen LogP contribution in [0.15, 0.2) is 54.6 Å². The Hall–Kier alpha value is -2.63. The number of amides is 1. The zero-order valence-electron chi connectivity index (χ0n) is 17.8. The average Bonchev–Trinajstić information content (AvgIpc) is 2.92. The predicted octanol–water partition coefficient (Wildman–Crippen LogP) is 2.89. The van der Waals surface area contributed by atoms with Crippen molar-refractivity contribution in [2.45, 2.75) is 50.5 Å². The third kappa shape index (κ3) is 2.88. The second kappa shape index (κ2) is 6.96. The summed E-state index contributed by atoms with van der Waals surface area (Å²) < 4.78 is 0. The molecule has 1 unspecified atom stereocenters. The van der Waals surface area contributed by atoms with Gasteiger partial charge in [-0.1, -0.05) is 55.5 Å². The maximum atomic E-state index is 11.7. The number of nitrogens with zero attached hydrogens (tertiary/aromatic N) is 2. The SMILES string of the molecule is CC(=O)N[C@H]1C=C2c3cccc4c3[C@](C)(C[C@H]2N(C)C1)C(O)N4Cc1ccccc1. The molecule has 4 atom stereocenters. The van der Waals surface area contributed by atoms with Gasteiger partial charge < -0.3 is 15.3 Å². The summed E-state index contributed by atoms with van der Waals surface area (Å²) in [6.07, 6.45) is 2.52. The lowest BCUT2D eigenvalue weighted by Gasteiger charge is -2.47. The summed E-state index contributed by atoms with van der Waals surface area (Å²) in [7, 11) is 2.12. The quantitative estimate of drug-likeness (QED) is 0.828. The Bertz CT molecular complexity index is 1020. The molecule has 0 radical (unpaired) electrons. The number of hydrogen-bond donors (Lipinski definition) is 2. The van der Waals surface area contributed by atoms with Gasteiger partial charge in [-0.15, -0.1) is 0 Å². The number of carbonyl (C=O) groups is 1. The molecule has 2 aromatic rings. The van der Waals surface area contributed by atoms with E-state index in [0.717, 1.165) is 18.7 Å². The first kappa shape index (κ1) is 19.3. The lowest BCUT2D eigenvalue weighted by Crippen LogP contribution is -2.54. The van der Waals surface area contributed by atoms with Crippen molar-refractivity contribution < 1.29 is 9.90 Å². The molecule has 0 bridgehead atoms. The second-order valence-corrected chi connectivity index (χ2v) is 9.19. The Morgan fingerprint density at radius 2 is 1.97 bits per heavy atom. The molecule has 5 nitrogen and oxygen atoms in total. The Morgan fingerprint density at radius 1 is 1.20 bits per heavy atom. The van der Waals surface area contributed by atoms with E-state index in [9.17, 15) is 9.90 Å². The van der Waals surface area contributed by atoms with Gasteiger partial charge in [-0.3, -0.25) is 9.69 Å². The molecule has 156 valence electrons. The molecule has 1 amide bonds. The molecule has 5 heteroatoms. The molecule has 0 spiro atoms. The van der Waals surface area contributed by atoms with Crippen LogP contribution in [0.3, 0.4) is 0 Å². The van der Waals surface area contributed by atoms with Gasteiger partial charge in [0, 0.05) is 37.2 Å². The maximum Gasteiger partial charge on any atom is 0.217 e. The van der Waals surface area contributed by atoms with Crippen molar-refractivity contribution in [3.05, 3.63) is 71.3 Å². The van der Waals surface area contributed by atoms with Crippen LogP contribution in [0.25, 0.3) is 5.57 Å². The molecule has 0 saturated heterocycles. The van der Waals surface area contributed by atoms with Crippen molar-refractivity contribution >= 4 is 17.2 Å². The number of carbonyl (C=O) groups excluding carboxylic acids is 1. The van der Waals surface area contributed by atoms with Crippen LogP contribution in [0.4, 0.5) is 5.69 Å².